The highest BCUT2D eigenvalue weighted by atomic mass is 14.9. The van der Waals surface area contributed by atoms with Gasteiger partial charge in [-0.2, -0.15) is 0 Å². The van der Waals surface area contributed by atoms with Crippen molar-refractivity contribution in [3.8, 4) is 0 Å². The number of fused-ring (bicyclic) bond motifs is 2. The summed E-state index contributed by atoms with van der Waals surface area (Å²) in [6.07, 6.45) is 4.15. The Bertz CT molecular complexity index is 350. The van der Waals surface area contributed by atoms with Gasteiger partial charge in [-0.1, -0.05) is 12.1 Å². The smallest absolute Gasteiger partial charge is 0.0381 e. The average Bonchev–Trinajstić information content (AvgIpc) is 2.86. The summed E-state index contributed by atoms with van der Waals surface area (Å²) < 4.78 is 0. The Hall–Kier alpha value is -0.980. The Kier molecular flexibility index (Phi) is 1.30. The highest BCUT2D eigenvalue weighted by Crippen LogP contribution is 2.55. The molecule has 1 N–H and O–H groups in total. The van der Waals surface area contributed by atoms with Crippen molar-refractivity contribution in [3.05, 3.63) is 29.3 Å². The van der Waals surface area contributed by atoms with E-state index in [1.807, 2.05) is 0 Å². The van der Waals surface area contributed by atoms with Gasteiger partial charge in [0, 0.05) is 12.2 Å². The van der Waals surface area contributed by atoms with E-state index in [0.29, 0.717) is 5.41 Å². The van der Waals surface area contributed by atoms with Crippen LogP contribution in [-0.4, -0.2) is 6.54 Å². The molecule has 1 aliphatic heterocycles. The van der Waals surface area contributed by atoms with Gasteiger partial charge >= 0.3 is 0 Å². The number of hydrogen-bond donors (Lipinski definition) is 1. The lowest BCUT2D eigenvalue weighted by Gasteiger charge is -2.26. The summed E-state index contributed by atoms with van der Waals surface area (Å²) >= 11 is 0. The molecule has 0 radical (unpaired) electrons. The Morgan fingerprint density at radius 2 is 2.08 bits per heavy atom. The van der Waals surface area contributed by atoms with Crippen molar-refractivity contribution in [1.82, 2.24) is 0 Å². The van der Waals surface area contributed by atoms with Gasteiger partial charge in [0.2, 0.25) is 0 Å². The van der Waals surface area contributed by atoms with E-state index in [1.54, 1.807) is 5.56 Å². The molecule has 1 aromatic rings. The van der Waals surface area contributed by atoms with Crippen LogP contribution in [0.1, 0.15) is 30.4 Å². The summed E-state index contributed by atoms with van der Waals surface area (Å²) in [5.74, 6) is 0. The molecule has 0 amide bonds. The normalized spacial score (nSPS) is 22.2. The van der Waals surface area contributed by atoms with Crippen molar-refractivity contribution in [2.75, 3.05) is 11.9 Å². The molecule has 13 heavy (non-hydrogen) atoms. The van der Waals surface area contributed by atoms with Crippen LogP contribution in [0.15, 0.2) is 18.2 Å². The molecule has 1 fully saturated rings. The quantitative estimate of drug-likeness (QED) is 0.636. The molecule has 1 nitrogen and oxygen atoms in total. The second kappa shape index (κ2) is 2.28. The number of aryl methyl sites for hydroxylation is 1. The van der Waals surface area contributed by atoms with Crippen LogP contribution in [0.25, 0.3) is 0 Å². The Morgan fingerprint density at radius 1 is 1.23 bits per heavy atom. The zero-order valence-corrected chi connectivity index (χ0v) is 8.06. The molecule has 0 saturated heterocycles. The topological polar surface area (TPSA) is 12.0 Å². The fraction of sp³-hybridized carbons (Fsp3) is 0.500. The summed E-state index contributed by atoms with van der Waals surface area (Å²) in [5.41, 5.74) is 4.92. The van der Waals surface area contributed by atoms with Gasteiger partial charge in [-0.05, 0) is 48.8 Å². The van der Waals surface area contributed by atoms with Gasteiger partial charge in [-0.15, -0.1) is 0 Å². The van der Waals surface area contributed by atoms with Crippen LogP contribution in [0.3, 0.4) is 0 Å². The molecule has 1 aromatic carbocycles. The minimum Gasteiger partial charge on any atom is -0.385 e. The SMILES string of the molecule is Cc1ccc2c(c1)NCCC21CC1. The molecule has 1 heterocycles. The van der Waals surface area contributed by atoms with E-state index in [1.165, 1.54) is 30.5 Å². The van der Waals surface area contributed by atoms with E-state index in [-0.39, 0.29) is 0 Å². The zero-order valence-electron chi connectivity index (χ0n) is 8.06. The van der Waals surface area contributed by atoms with E-state index in [4.69, 9.17) is 0 Å². The molecule has 1 saturated carbocycles. The maximum atomic E-state index is 3.50. The highest BCUT2D eigenvalue weighted by molar-refractivity contribution is 5.60. The van der Waals surface area contributed by atoms with Gasteiger partial charge in [0.1, 0.15) is 0 Å². The molecule has 3 rings (SSSR count). The summed E-state index contributed by atoms with van der Waals surface area (Å²) in [7, 11) is 0. The third kappa shape index (κ3) is 0.995. The number of anilines is 1. The van der Waals surface area contributed by atoms with Gasteiger partial charge in [0.05, 0.1) is 0 Å². The lowest BCUT2D eigenvalue weighted by Crippen LogP contribution is -2.21. The summed E-state index contributed by atoms with van der Waals surface area (Å²) in [5, 5.41) is 3.50. The largest absolute Gasteiger partial charge is 0.385 e. The van der Waals surface area contributed by atoms with E-state index in [2.05, 4.69) is 30.4 Å². The van der Waals surface area contributed by atoms with E-state index in [0.717, 1.165) is 6.54 Å². The summed E-state index contributed by atoms with van der Waals surface area (Å²) in [4.78, 5) is 0. The van der Waals surface area contributed by atoms with Crippen LogP contribution in [-0.2, 0) is 5.41 Å². The van der Waals surface area contributed by atoms with Crippen molar-refractivity contribution in [2.24, 2.45) is 0 Å². The third-order valence-corrected chi connectivity index (χ3v) is 3.52. The van der Waals surface area contributed by atoms with Crippen LogP contribution in [0.4, 0.5) is 5.69 Å². The molecule has 1 aliphatic carbocycles. The predicted molar refractivity (Wildman–Crippen MR) is 55.2 cm³/mol. The molecule has 2 aliphatic rings. The van der Waals surface area contributed by atoms with E-state index < -0.39 is 0 Å². The summed E-state index contributed by atoms with van der Waals surface area (Å²) in [6, 6.07) is 6.85. The van der Waals surface area contributed by atoms with Gasteiger partial charge in [-0.25, -0.2) is 0 Å². The predicted octanol–water partition coefficient (Wildman–Crippen LogP) is 2.84. The number of hydrogen-bond acceptors (Lipinski definition) is 1. The third-order valence-electron chi connectivity index (χ3n) is 3.52. The monoisotopic (exact) mass is 173 g/mol. The van der Waals surface area contributed by atoms with Crippen LogP contribution in [0.2, 0.25) is 0 Å². The van der Waals surface area contributed by atoms with Gasteiger partial charge < -0.3 is 5.32 Å². The van der Waals surface area contributed by atoms with Crippen molar-refractivity contribution in [3.63, 3.8) is 0 Å². The first-order valence-electron chi connectivity index (χ1n) is 5.15. The maximum Gasteiger partial charge on any atom is 0.0381 e. The molecule has 0 aromatic heterocycles. The molecule has 1 heteroatoms. The number of nitrogens with one attached hydrogen (secondary N) is 1. The second-order valence-electron chi connectivity index (χ2n) is 4.51. The molecular formula is C12H15N. The van der Waals surface area contributed by atoms with Gasteiger partial charge in [0.25, 0.3) is 0 Å². The summed E-state index contributed by atoms with van der Waals surface area (Å²) in [6.45, 7) is 3.33. The average molecular weight is 173 g/mol. The van der Waals surface area contributed by atoms with Crippen molar-refractivity contribution in [1.29, 1.82) is 0 Å². The standard InChI is InChI=1S/C12H15N/c1-9-2-3-10-11(8-9)13-7-6-12(10)4-5-12/h2-3,8,13H,4-7H2,1H3. The number of rotatable bonds is 0. The van der Waals surface area contributed by atoms with Crippen LogP contribution in [0, 0.1) is 6.92 Å². The van der Waals surface area contributed by atoms with E-state index in [9.17, 15) is 0 Å². The first kappa shape index (κ1) is 7.43. The Labute approximate surface area is 79.2 Å². The number of benzene rings is 1. The maximum absolute atomic E-state index is 3.50. The second-order valence-corrected chi connectivity index (χ2v) is 4.51. The minimum atomic E-state index is 0.592. The highest BCUT2D eigenvalue weighted by Gasteiger charge is 2.46. The van der Waals surface area contributed by atoms with Crippen molar-refractivity contribution in [2.45, 2.75) is 31.6 Å². The Morgan fingerprint density at radius 3 is 2.85 bits per heavy atom. The van der Waals surface area contributed by atoms with Crippen molar-refractivity contribution >= 4 is 5.69 Å². The lowest BCUT2D eigenvalue weighted by atomic mass is 9.87. The fourth-order valence-corrected chi connectivity index (χ4v) is 2.51. The van der Waals surface area contributed by atoms with Crippen LogP contribution >= 0.6 is 0 Å². The van der Waals surface area contributed by atoms with Crippen LogP contribution in [0.5, 0.6) is 0 Å². The molecule has 0 unspecified atom stereocenters. The van der Waals surface area contributed by atoms with Crippen molar-refractivity contribution < 1.29 is 0 Å². The zero-order chi connectivity index (χ0) is 8.89. The lowest BCUT2D eigenvalue weighted by molar-refractivity contribution is 0.622. The van der Waals surface area contributed by atoms with Crippen LogP contribution < -0.4 is 5.32 Å². The first-order valence-corrected chi connectivity index (χ1v) is 5.15. The Balaban J connectivity index is 2.15. The first-order chi connectivity index (χ1) is 6.30. The molecule has 1 spiro atoms. The molecule has 0 bridgehead atoms. The fourth-order valence-electron chi connectivity index (χ4n) is 2.51. The molecule has 68 valence electrons. The van der Waals surface area contributed by atoms with Gasteiger partial charge in [0.15, 0.2) is 0 Å². The molecule has 0 atom stereocenters. The van der Waals surface area contributed by atoms with E-state index >= 15 is 0 Å². The minimum absolute atomic E-state index is 0.592. The van der Waals surface area contributed by atoms with Gasteiger partial charge in [-0.3, -0.25) is 0 Å². The molecular weight excluding hydrogens is 158 g/mol.